The van der Waals surface area contributed by atoms with E-state index in [0.29, 0.717) is 17.9 Å². The number of pyridine rings is 1. The summed E-state index contributed by atoms with van der Waals surface area (Å²) in [6, 6.07) is 7.39. The van der Waals surface area contributed by atoms with Gasteiger partial charge in [-0.3, -0.25) is 4.79 Å². The van der Waals surface area contributed by atoms with Crippen molar-refractivity contribution >= 4 is 28.3 Å². The Labute approximate surface area is 176 Å². The minimum atomic E-state index is -1.22. The van der Waals surface area contributed by atoms with Crippen LogP contribution in [0.15, 0.2) is 51.3 Å². The van der Waals surface area contributed by atoms with E-state index in [-0.39, 0.29) is 17.0 Å². The van der Waals surface area contributed by atoms with Crippen LogP contribution in [0.25, 0.3) is 33.0 Å². The van der Waals surface area contributed by atoms with Crippen LogP contribution in [-0.4, -0.2) is 20.6 Å². The first kappa shape index (κ1) is 18.8. The van der Waals surface area contributed by atoms with E-state index in [1.807, 2.05) is 28.1 Å². The van der Waals surface area contributed by atoms with Crippen molar-refractivity contribution in [2.75, 3.05) is 0 Å². The average molecular weight is 420 g/mol. The van der Waals surface area contributed by atoms with E-state index < -0.39 is 11.4 Å². The van der Waals surface area contributed by atoms with Gasteiger partial charge in [0.2, 0.25) is 0 Å². The van der Waals surface area contributed by atoms with Crippen molar-refractivity contribution in [1.29, 1.82) is 0 Å². The molecule has 3 aromatic heterocycles. The van der Waals surface area contributed by atoms with Crippen LogP contribution in [-0.2, 0) is 6.42 Å². The molecule has 0 saturated heterocycles. The Kier molecular flexibility index (Phi) is 4.02. The van der Waals surface area contributed by atoms with Crippen LogP contribution < -0.4 is 5.43 Å². The molecule has 0 radical (unpaired) electrons. The van der Waals surface area contributed by atoms with Crippen molar-refractivity contribution in [3.63, 3.8) is 0 Å². The Bertz CT molecular complexity index is 1360. The second-order valence-corrected chi connectivity index (χ2v) is 9.56. The largest absolute Gasteiger partial charge is 0.477 e. The van der Waals surface area contributed by atoms with E-state index >= 15 is 0 Å². The quantitative estimate of drug-likeness (QED) is 0.480. The first-order chi connectivity index (χ1) is 14.3. The first-order valence-electron chi connectivity index (χ1n) is 9.70. The monoisotopic (exact) mass is 420 g/mol. The Balaban J connectivity index is 1.84. The molecule has 0 spiro atoms. The van der Waals surface area contributed by atoms with Crippen molar-refractivity contribution in [3.05, 3.63) is 63.4 Å². The summed E-state index contributed by atoms with van der Waals surface area (Å²) in [5.41, 5.74) is 2.42. The minimum absolute atomic E-state index is 0.0250. The Morgan fingerprint density at radius 1 is 1.33 bits per heavy atom. The number of nitrogens with zero attached hydrogens (tertiary/aromatic N) is 2. The van der Waals surface area contributed by atoms with Crippen LogP contribution in [0.1, 0.15) is 42.7 Å². The molecular formula is C23H20N2O4S. The number of carbonyl (C=O) groups is 1. The van der Waals surface area contributed by atoms with Crippen molar-refractivity contribution in [2.24, 2.45) is 5.41 Å². The lowest BCUT2D eigenvalue weighted by Gasteiger charge is -2.37. The zero-order valence-corrected chi connectivity index (χ0v) is 17.6. The molecule has 0 bridgehead atoms. The van der Waals surface area contributed by atoms with Crippen molar-refractivity contribution in [2.45, 2.75) is 33.2 Å². The number of para-hydroxylation sites is 1. The lowest BCUT2D eigenvalue weighted by Crippen LogP contribution is -2.32. The SMILES string of the molecule is CC(C)(C)C1Cc2c(oc3c(-c4nccs4)cccc23)-c2cc(=O)c(C(=O)O)cn21. The third-order valence-electron chi connectivity index (χ3n) is 5.76. The Morgan fingerprint density at radius 3 is 2.80 bits per heavy atom. The van der Waals surface area contributed by atoms with Gasteiger partial charge in [-0.25, -0.2) is 9.78 Å². The Morgan fingerprint density at radius 2 is 2.13 bits per heavy atom. The molecule has 5 rings (SSSR count). The van der Waals surface area contributed by atoms with Gasteiger partial charge in [0, 0.05) is 40.8 Å². The van der Waals surface area contributed by atoms with E-state index in [2.05, 4.69) is 25.8 Å². The molecule has 1 aromatic carbocycles. The summed E-state index contributed by atoms with van der Waals surface area (Å²) in [6.07, 6.45) is 3.91. The number of rotatable bonds is 2. The normalized spacial score (nSPS) is 15.8. The second-order valence-electron chi connectivity index (χ2n) is 8.66. The van der Waals surface area contributed by atoms with Gasteiger partial charge in [-0.05, 0) is 17.9 Å². The zero-order valence-electron chi connectivity index (χ0n) is 16.8. The third-order valence-corrected chi connectivity index (χ3v) is 6.56. The fourth-order valence-corrected chi connectivity index (χ4v) is 4.93. The maximum absolute atomic E-state index is 12.5. The molecule has 0 saturated carbocycles. The number of hydrogen-bond acceptors (Lipinski definition) is 5. The van der Waals surface area contributed by atoms with Crippen LogP contribution in [0.3, 0.4) is 0 Å². The summed E-state index contributed by atoms with van der Waals surface area (Å²) in [5.74, 6) is -0.590. The molecule has 1 aliphatic heterocycles. The zero-order chi connectivity index (χ0) is 21.2. The standard InChI is InChI=1S/C23H20N2O4S/c1-23(2,3)18-9-14-12-5-4-6-13(21-24-7-8-30-21)19(12)29-20(14)16-10-17(26)15(22(27)28)11-25(16)18/h4-8,10-11,18H,9H2,1-3H3,(H,27,28). The number of aromatic carboxylic acids is 1. The van der Waals surface area contributed by atoms with Crippen molar-refractivity contribution in [3.8, 4) is 22.0 Å². The predicted octanol–water partition coefficient (Wildman–Crippen LogP) is 5.23. The highest BCUT2D eigenvalue weighted by Crippen LogP contribution is 2.47. The van der Waals surface area contributed by atoms with Gasteiger partial charge in [-0.1, -0.05) is 32.9 Å². The first-order valence-corrected chi connectivity index (χ1v) is 10.6. The van der Waals surface area contributed by atoms with Crippen LogP contribution in [0.2, 0.25) is 0 Å². The summed E-state index contributed by atoms with van der Waals surface area (Å²) in [4.78, 5) is 28.5. The average Bonchev–Trinajstić information content (AvgIpc) is 3.33. The van der Waals surface area contributed by atoms with Crippen molar-refractivity contribution in [1.82, 2.24) is 9.55 Å². The molecule has 1 N–H and O–H groups in total. The van der Waals surface area contributed by atoms with Crippen LogP contribution in [0, 0.1) is 5.41 Å². The summed E-state index contributed by atoms with van der Waals surface area (Å²) >= 11 is 1.54. The topological polar surface area (TPSA) is 85.3 Å². The molecule has 6 nitrogen and oxygen atoms in total. The highest BCUT2D eigenvalue weighted by Gasteiger charge is 2.36. The van der Waals surface area contributed by atoms with Gasteiger partial charge in [0.25, 0.3) is 0 Å². The summed E-state index contributed by atoms with van der Waals surface area (Å²) in [6.45, 7) is 6.36. The number of aromatic nitrogens is 2. The maximum Gasteiger partial charge on any atom is 0.341 e. The fourth-order valence-electron chi connectivity index (χ4n) is 4.27. The molecule has 4 aromatic rings. The molecule has 30 heavy (non-hydrogen) atoms. The lowest BCUT2D eigenvalue weighted by molar-refractivity contribution is 0.0693. The van der Waals surface area contributed by atoms with Gasteiger partial charge in [-0.15, -0.1) is 11.3 Å². The number of hydrogen-bond donors (Lipinski definition) is 1. The van der Waals surface area contributed by atoms with Crippen LogP contribution >= 0.6 is 11.3 Å². The van der Waals surface area contributed by atoms with Crippen LogP contribution in [0.5, 0.6) is 0 Å². The maximum atomic E-state index is 12.5. The van der Waals surface area contributed by atoms with E-state index in [1.165, 1.54) is 12.3 Å². The van der Waals surface area contributed by atoms with Gasteiger partial charge in [-0.2, -0.15) is 0 Å². The molecule has 0 amide bonds. The van der Waals surface area contributed by atoms with Gasteiger partial charge in [0.15, 0.2) is 11.2 Å². The molecule has 1 unspecified atom stereocenters. The summed E-state index contributed by atoms with van der Waals surface area (Å²) in [7, 11) is 0. The predicted molar refractivity (Wildman–Crippen MR) is 116 cm³/mol. The van der Waals surface area contributed by atoms with Gasteiger partial charge >= 0.3 is 5.97 Å². The van der Waals surface area contributed by atoms with Gasteiger partial charge in [0.1, 0.15) is 16.2 Å². The Hall–Kier alpha value is -3.19. The van der Waals surface area contributed by atoms with Gasteiger partial charge in [0.05, 0.1) is 11.3 Å². The number of benzene rings is 1. The number of carboxylic acid groups (broad SMARTS) is 1. The lowest BCUT2D eigenvalue weighted by atomic mass is 9.79. The van der Waals surface area contributed by atoms with E-state index in [1.54, 1.807) is 17.5 Å². The van der Waals surface area contributed by atoms with Crippen LogP contribution in [0.4, 0.5) is 0 Å². The second kappa shape index (κ2) is 6.40. The molecule has 7 heteroatoms. The fraction of sp³-hybridized carbons (Fsp3) is 0.261. The molecule has 1 aliphatic rings. The van der Waals surface area contributed by atoms with Gasteiger partial charge < -0.3 is 14.1 Å². The molecular weight excluding hydrogens is 400 g/mol. The van der Waals surface area contributed by atoms with E-state index in [9.17, 15) is 14.7 Å². The minimum Gasteiger partial charge on any atom is -0.477 e. The highest BCUT2D eigenvalue weighted by molar-refractivity contribution is 7.13. The van der Waals surface area contributed by atoms with E-state index in [4.69, 9.17) is 4.42 Å². The summed E-state index contributed by atoms with van der Waals surface area (Å²) in [5, 5.41) is 13.3. The highest BCUT2D eigenvalue weighted by atomic mass is 32.1. The third kappa shape index (κ3) is 2.73. The number of thiazole rings is 1. The summed E-state index contributed by atoms with van der Waals surface area (Å²) < 4.78 is 8.25. The molecule has 1 atom stereocenters. The molecule has 0 aliphatic carbocycles. The number of furan rings is 1. The molecule has 4 heterocycles. The molecule has 0 fully saturated rings. The van der Waals surface area contributed by atoms with Crippen molar-refractivity contribution < 1.29 is 14.3 Å². The smallest absolute Gasteiger partial charge is 0.341 e. The molecule has 152 valence electrons. The number of carboxylic acids is 1. The number of fused-ring (bicyclic) bond motifs is 5. The van der Waals surface area contributed by atoms with E-state index in [0.717, 1.165) is 27.1 Å².